The van der Waals surface area contributed by atoms with Gasteiger partial charge in [-0.1, -0.05) is 6.07 Å². The molecular weight excluding hydrogens is 495 g/mol. The predicted octanol–water partition coefficient (Wildman–Crippen LogP) is 1.70. The Balaban J connectivity index is 0.00000256. The van der Waals surface area contributed by atoms with E-state index in [0.29, 0.717) is 26.2 Å². The Morgan fingerprint density at radius 1 is 1.13 bits per heavy atom. The highest BCUT2D eigenvalue weighted by atomic mass is 127. The monoisotopic (exact) mass is 528 g/mol. The number of carbonyl (C=O) groups is 1. The van der Waals surface area contributed by atoms with Gasteiger partial charge in [0.15, 0.2) is 5.96 Å². The molecule has 9 heteroatoms. The molecule has 1 unspecified atom stereocenters. The van der Waals surface area contributed by atoms with Gasteiger partial charge in [0.05, 0.1) is 0 Å². The number of amides is 1. The van der Waals surface area contributed by atoms with Crippen molar-refractivity contribution in [2.45, 2.75) is 38.3 Å². The first-order valence-electron chi connectivity index (χ1n) is 10.8. The number of halogens is 1. The van der Waals surface area contributed by atoms with Gasteiger partial charge < -0.3 is 24.8 Å². The van der Waals surface area contributed by atoms with E-state index in [2.05, 4.69) is 37.2 Å². The molecule has 3 aliphatic heterocycles. The number of nitrogens with one attached hydrogen (secondary N) is 1. The van der Waals surface area contributed by atoms with Gasteiger partial charge in [-0.2, -0.15) is 0 Å². The van der Waals surface area contributed by atoms with Gasteiger partial charge in [-0.3, -0.25) is 9.79 Å². The van der Waals surface area contributed by atoms with Crippen LogP contribution in [0.4, 0.5) is 5.82 Å². The topological polar surface area (TPSA) is 73.3 Å². The van der Waals surface area contributed by atoms with Crippen LogP contribution in [0.1, 0.15) is 31.2 Å². The van der Waals surface area contributed by atoms with Crippen LogP contribution in [0.2, 0.25) is 0 Å². The van der Waals surface area contributed by atoms with Crippen LogP contribution in [0.5, 0.6) is 0 Å². The standard InChI is InChI=1S/C21H32N6O2.HI/c1-22-21(24-16-17-6-7-19(23-15-17)25-8-2-3-9-25)27-12-10-26(11-13-27)20(28)18-5-4-14-29-18;/h6-7,15,18H,2-5,8-14,16H2,1H3,(H,22,24);1H. The van der Waals surface area contributed by atoms with Crippen molar-refractivity contribution in [1.82, 2.24) is 20.1 Å². The minimum atomic E-state index is -0.227. The van der Waals surface area contributed by atoms with Gasteiger partial charge >= 0.3 is 0 Å². The number of piperazine rings is 1. The van der Waals surface area contributed by atoms with Crippen molar-refractivity contribution in [3.63, 3.8) is 0 Å². The third-order valence-electron chi connectivity index (χ3n) is 6.00. The summed E-state index contributed by atoms with van der Waals surface area (Å²) in [7, 11) is 1.81. The van der Waals surface area contributed by atoms with E-state index in [9.17, 15) is 4.79 Å². The zero-order valence-electron chi connectivity index (χ0n) is 17.8. The van der Waals surface area contributed by atoms with Crippen LogP contribution in [0.15, 0.2) is 23.3 Å². The number of rotatable bonds is 4. The molecule has 1 amide bonds. The molecule has 0 saturated carbocycles. The van der Waals surface area contributed by atoms with Gasteiger partial charge in [0.25, 0.3) is 5.91 Å². The molecule has 3 aliphatic rings. The average molecular weight is 528 g/mol. The number of hydrogen-bond acceptors (Lipinski definition) is 5. The maximum absolute atomic E-state index is 12.5. The molecule has 4 heterocycles. The number of guanidine groups is 1. The van der Waals surface area contributed by atoms with Gasteiger partial charge in [0.1, 0.15) is 11.9 Å². The van der Waals surface area contributed by atoms with Crippen molar-refractivity contribution in [3.05, 3.63) is 23.9 Å². The quantitative estimate of drug-likeness (QED) is 0.365. The molecule has 0 aliphatic carbocycles. The summed E-state index contributed by atoms with van der Waals surface area (Å²) in [5, 5.41) is 3.44. The Labute approximate surface area is 196 Å². The highest BCUT2D eigenvalue weighted by Gasteiger charge is 2.30. The second kappa shape index (κ2) is 11.1. The van der Waals surface area contributed by atoms with Crippen LogP contribution in [-0.2, 0) is 16.1 Å². The molecule has 166 valence electrons. The molecule has 1 aromatic rings. The van der Waals surface area contributed by atoms with Gasteiger partial charge in [-0.25, -0.2) is 4.98 Å². The molecule has 0 radical (unpaired) electrons. The van der Waals surface area contributed by atoms with Crippen LogP contribution in [-0.4, -0.2) is 85.7 Å². The van der Waals surface area contributed by atoms with Crippen molar-refractivity contribution < 1.29 is 9.53 Å². The normalized spacial score (nSPS) is 22.2. The average Bonchev–Trinajstić information content (AvgIpc) is 3.49. The fourth-order valence-corrected chi connectivity index (χ4v) is 4.28. The summed E-state index contributed by atoms with van der Waals surface area (Å²) in [6.45, 7) is 6.61. The van der Waals surface area contributed by atoms with Crippen molar-refractivity contribution in [1.29, 1.82) is 0 Å². The minimum absolute atomic E-state index is 0. The number of pyridine rings is 1. The summed E-state index contributed by atoms with van der Waals surface area (Å²) >= 11 is 0. The number of aromatic nitrogens is 1. The molecule has 8 nitrogen and oxygen atoms in total. The summed E-state index contributed by atoms with van der Waals surface area (Å²) in [5.41, 5.74) is 1.14. The van der Waals surface area contributed by atoms with Crippen LogP contribution in [0, 0.1) is 0 Å². The molecule has 0 bridgehead atoms. The highest BCUT2D eigenvalue weighted by Crippen LogP contribution is 2.18. The molecule has 30 heavy (non-hydrogen) atoms. The third kappa shape index (κ3) is 5.54. The van der Waals surface area contributed by atoms with Crippen molar-refractivity contribution in [2.24, 2.45) is 4.99 Å². The fraction of sp³-hybridized carbons (Fsp3) is 0.667. The van der Waals surface area contributed by atoms with E-state index in [0.717, 1.165) is 56.4 Å². The van der Waals surface area contributed by atoms with Crippen LogP contribution in [0.25, 0.3) is 0 Å². The smallest absolute Gasteiger partial charge is 0.251 e. The lowest BCUT2D eigenvalue weighted by Gasteiger charge is -2.37. The van der Waals surface area contributed by atoms with Gasteiger partial charge in [0.2, 0.25) is 0 Å². The first kappa shape index (κ1) is 23.1. The zero-order valence-corrected chi connectivity index (χ0v) is 20.1. The summed E-state index contributed by atoms with van der Waals surface area (Å²) in [6.07, 6.45) is 6.08. The lowest BCUT2D eigenvalue weighted by Crippen LogP contribution is -2.55. The van der Waals surface area contributed by atoms with Crippen molar-refractivity contribution in [2.75, 3.05) is 57.8 Å². The number of anilines is 1. The van der Waals surface area contributed by atoms with Crippen LogP contribution >= 0.6 is 24.0 Å². The largest absolute Gasteiger partial charge is 0.368 e. The molecular formula is C21H33IN6O2. The molecule has 4 rings (SSSR count). The van der Waals surface area contributed by atoms with Crippen LogP contribution < -0.4 is 10.2 Å². The van der Waals surface area contributed by atoms with E-state index >= 15 is 0 Å². The van der Waals surface area contributed by atoms with Gasteiger partial charge in [-0.05, 0) is 37.3 Å². The molecule has 1 atom stereocenters. The van der Waals surface area contributed by atoms with E-state index < -0.39 is 0 Å². The predicted molar refractivity (Wildman–Crippen MR) is 128 cm³/mol. The van der Waals surface area contributed by atoms with E-state index in [-0.39, 0.29) is 36.0 Å². The Hall–Kier alpha value is -1.62. The second-order valence-electron chi connectivity index (χ2n) is 7.93. The summed E-state index contributed by atoms with van der Waals surface area (Å²) in [5.74, 6) is 2.09. The molecule has 3 fully saturated rings. The molecule has 0 spiro atoms. The van der Waals surface area contributed by atoms with E-state index in [1.807, 2.05) is 11.1 Å². The summed E-state index contributed by atoms with van der Waals surface area (Å²) < 4.78 is 5.54. The van der Waals surface area contributed by atoms with Crippen molar-refractivity contribution >= 4 is 41.7 Å². The number of carbonyl (C=O) groups excluding carboxylic acids is 1. The number of hydrogen-bond donors (Lipinski definition) is 1. The minimum Gasteiger partial charge on any atom is -0.368 e. The lowest BCUT2D eigenvalue weighted by molar-refractivity contribution is -0.142. The number of ether oxygens (including phenoxy) is 1. The lowest BCUT2D eigenvalue weighted by atomic mass is 10.2. The SMILES string of the molecule is CN=C(NCc1ccc(N2CCCC2)nc1)N1CCN(C(=O)C2CCCO2)CC1.I. The summed E-state index contributed by atoms with van der Waals surface area (Å²) in [4.78, 5) is 28.0. The van der Waals surface area contributed by atoms with Gasteiger partial charge in [-0.15, -0.1) is 24.0 Å². The molecule has 1 N–H and O–H groups in total. The Morgan fingerprint density at radius 3 is 2.47 bits per heavy atom. The first-order chi connectivity index (χ1) is 14.2. The maximum atomic E-state index is 12.5. The van der Waals surface area contributed by atoms with E-state index in [1.54, 1.807) is 7.05 Å². The molecule has 0 aromatic carbocycles. The molecule has 1 aromatic heterocycles. The van der Waals surface area contributed by atoms with Gasteiger partial charge in [0, 0.05) is 65.7 Å². The Bertz CT molecular complexity index is 709. The van der Waals surface area contributed by atoms with E-state index in [4.69, 9.17) is 4.74 Å². The maximum Gasteiger partial charge on any atom is 0.251 e. The van der Waals surface area contributed by atoms with Crippen molar-refractivity contribution in [3.8, 4) is 0 Å². The number of aliphatic imine (C=N–C) groups is 1. The third-order valence-corrected chi connectivity index (χ3v) is 6.00. The summed E-state index contributed by atoms with van der Waals surface area (Å²) in [6, 6.07) is 4.25. The molecule has 3 saturated heterocycles. The second-order valence-corrected chi connectivity index (χ2v) is 7.93. The van der Waals surface area contributed by atoms with Crippen LogP contribution in [0.3, 0.4) is 0 Å². The van der Waals surface area contributed by atoms with E-state index in [1.165, 1.54) is 12.8 Å². The first-order valence-corrected chi connectivity index (χ1v) is 10.8. The Morgan fingerprint density at radius 2 is 1.87 bits per heavy atom. The number of nitrogens with zero attached hydrogens (tertiary/aromatic N) is 5. The zero-order chi connectivity index (χ0) is 20.1. The fourth-order valence-electron chi connectivity index (χ4n) is 4.28. The highest BCUT2D eigenvalue weighted by molar-refractivity contribution is 14.0. The Kier molecular flexibility index (Phi) is 8.55.